The molecule has 1 heterocycles. The Balaban J connectivity index is 1.93. The van der Waals surface area contributed by atoms with E-state index < -0.39 is 0 Å². The zero-order valence-corrected chi connectivity index (χ0v) is 14.5. The lowest BCUT2D eigenvalue weighted by atomic mass is 9.87. The topological polar surface area (TPSA) is 40.5 Å². The Morgan fingerprint density at radius 2 is 1.83 bits per heavy atom. The number of hydrogen-bond acceptors (Lipinski definition) is 2. The van der Waals surface area contributed by atoms with Gasteiger partial charge in [-0.25, -0.2) is 0 Å². The van der Waals surface area contributed by atoms with Crippen LogP contribution in [-0.2, 0) is 4.79 Å². The van der Waals surface area contributed by atoms with Gasteiger partial charge in [0.05, 0.1) is 0 Å². The molecule has 0 unspecified atom stereocenters. The summed E-state index contributed by atoms with van der Waals surface area (Å²) in [6.07, 6.45) is 2.56. The molecule has 0 spiro atoms. The fourth-order valence-electron chi connectivity index (χ4n) is 3.17. The number of likely N-dealkylation sites (tertiary alicyclic amines) is 1. The minimum atomic E-state index is -0.137. The molecule has 0 bridgehead atoms. The fourth-order valence-corrected chi connectivity index (χ4v) is 3.55. The van der Waals surface area contributed by atoms with E-state index in [0.717, 1.165) is 41.5 Å². The van der Waals surface area contributed by atoms with Crippen LogP contribution in [0.1, 0.15) is 36.3 Å². The quantitative estimate of drug-likeness (QED) is 0.867. The predicted octanol–water partition coefficient (Wildman–Crippen LogP) is 4.30. The second kappa shape index (κ2) is 7.18. The average molecular weight is 374 g/mol. The monoisotopic (exact) mass is 373 g/mol. The van der Waals surface area contributed by atoms with E-state index >= 15 is 0 Å². The lowest BCUT2D eigenvalue weighted by molar-refractivity contribution is -0.130. The summed E-state index contributed by atoms with van der Waals surface area (Å²) in [5, 5.41) is 10.3. The third kappa shape index (κ3) is 3.75. The number of aromatic hydroxyl groups is 1. The van der Waals surface area contributed by atoms with Crippen molar-refractivity contribution in [2.75, 3.05) is 13.1 Å². The van der Waals surface area contributed by atoms with Crippen molar-refractivity contribution in [3.63, 3.8) is 0 Å². The molecular formula is C19H20BrNO2. The summed E-state index contributed by atoms with van der Waals surface area (Å²) in [6.45, 7) is 1.70. The van der Waals surface area contributed by atoms with E-state index in [1.54, 1.807) is 6.07 Å². The lowest BCUT2D eigenvalue weighted by Gasteiger charge is -2.22. The zero-order valence-electron chi connectivity index (χ0n) is 12.9. The van der Waals surface area contributed by atoms with Gasteiger partial charge in [-0.15, -0.1) is 0 Å². The first-order chi connectivity index (χ1) is 11.1. The Hall–Kier alpha value is -1.81. The van der Waals surface area contributed by atoms with Crippen LogP contribution >= 0.6 is 15.9 Å². The summed E-state index contributed by atoms with van der Waals surface area (Å²) < 4.78 is 0.903. The van der Waals surface area contributed by atoms with Crippen molar-refractivity contribution < 1.29 is 9.90 Å². The van der Waals surface area contributed by atoms with E-state index in [2.05, 4.69) is 15.9 Å². The summed E-state index contributed by atoms with van der Waals surface area (Å²) in [7, 11) is 0. The predicted molar refractivity (Wildman–Crippen MR) is 94.5 cm³/mol. The SMILES string of the molecule is O=C(C[C@@H](c1ccccc1)c1cc(Br)ccc1O)N1CCCC1. The summed E-state index contributed by atoms with van der Waals surface area (Å²) >= 11 is 3.46. The molecule has 1 N–H and O–H groups in total. The van der Waals surface area contributed by atoms with Crippen molar-refractivity contribution in [2.45, 2.75) is 25.2 Å². The summed E-state index contributed by atoms with van der Waals surface area (Å²) in [5.41, 5.74) is 1.84. The van der Waals surface area contributed by atoms with Crippen LogP contribution in [0, 0.1) is 0 Å². The van der Waals surface area contributed by atoms with Gasteiger partial charge in [-0.1, -0.05) is 46.3 Å². The van der Waals surface area contributed by atoms with Crippen LogP contribution in [0.5, 0.6) is 5.75 Å². The highest BCUT2D eigenvalue weighted by Gasteiger charge is 2.25. The standard InChI is InChI=1S/C19H20BrNO2/c20-15-8-9-18(22)17(12-15)16(14-6-2-1-3-7-14)13-19(23)21-10-4-5-11-21/h1-3,6-9,12,16,22H,4-5,10-11,13H2/t16-/m0/s1. The van der Waals surface area contributed by atoms with Crippen molar-refractivity contribution in [2.24, 2.45) is 0 Å². The number of phenols is 1. The first kappa shape index (κ1) is 16.1. The van der Waals surface area contributed by atoms with E-state index in [-0.39, 0.29) is 17.6 Å². The van der Waals surface area contributed by atoms with E-state index in [1.165, 1.54) is 0 Å². The molecule has 1 atom stereocenters. The molecule has 0 aliphatic carbocycles. The van der Waals surface area contributed by atoms with Crippen molar-refractivity contribution in [1.29, 1.82) is 0 Å². The third-order valence-corrected chi connectivity index (χ3v) is 4.90. The Bertz CT molecular complexity index is 681. The van der Waals surface area contributed by atoms with Crippen LogP contribution in [0.2, 0.25) is 0 Å². The lowest BCUT2D eigenvalue weighted by Crippen LogP contribution is -2.29. The highest BCUT2D eigenvalue weighted by molar-refractivity contribution is 9.10. The van der Waals surface area contributed by atoms with Crippen LogP contribution in [0.15, 0.2) is 53.0 Å². The number of halogens is 1. The molecule has 3 rings (SSSR count). The van der Waals surface area contributed by atoms with Crippen LogP contribution < -0.4 is 0 Å². The van der Waals surface area contributed by atoms with Gasteiger partial charge in [-0.3, -0.25) is 4.79 Å². The Morgan fingerprint density at radius 3 is 2.52 bits per heavy atom. The number of hydrogen-bond donors (Lipinski definition) is 1. The molecule has 1 amide bonds. The fraction of sp³-hybridized carbons (Fsp3) is 0.316. The Kier molecular flexibility index (Phi) is 5.01. The smallest absolute Gasteiger partial charge is 0.223 e. The minimum absolute atomic E-state index is 0.137. The molecule has 2 aromatic carbocycles. The molecule has 1 aliphatic heterocycles. The summed E-state index contributed by atoms with van der Waals surface area (Å²) in [5.74, 6) is 0.258. The maximum absolute atomic E-state index is 12.6. The first-order valence-corrected chi connectivity index (χ1v) is 8.75. The first-order valence-electron chi connectivity index (χ1n) is 7.96. The highest BCUT2D eigenvalue weighted by atomic mass is 79.9. The molecule has 0 aromatic heterocycles. The average Bonchev–Trinajstić information content (AvgIpc) is 3.10. The van der Waals surface area contributed by atoms with Gasteiger partial charge in [0.2, 0.25) is 5.91 Å². The number of benzene rings is 2. The second-order valence-electron chi connectivity index (χ2n) is 5.96. The number of carbonyl (C=O) groups is 1. The molecule has 1 fully saturated rings. The minimum Gasteiger partial charge on any atom is -0.508 e. The Morgan fingerprint density at radius 1 is 1.13 bits per heavy atom. The molecule has 0 saturated carbocycles. The molecule has 120 valence electrons. The molecule has 3 nitrogen and oxygen atoms in total. The summed E-state index contributed by atoms with van der Waals surface area (Å²) in [4.78, 5) is 14.6. The molecule has 2 aromatic rings. The van der Waals surface area contributed by atoms with Crippen molar-refractivity contribution >= 4 is 21.8 Å². The van der Waals surface area contributed by atoms with Crippen molar-refractivity contribution in [1.82, 2.24) is 4.90 Å². The van der Waals surface area contributed by atoms with E-state index in [9.17, 15) is 9.90 Å². The third-order valence-electron chi connectivity index (χ3n) is 4.40. The van der Waals surface area contributed by atoms with Crippen molar-refractivity contribution in [3.8, 4) is 5.75 Å². The maximum Gasteiger partial charge on any atom is 0.223 e. The van der Waals surface area contributed by atoms with Crippen molar-refractivity contribution in [3.05, 3.63) is 64.1 Å². The normalized spacial score (nSPS) is 15.6. The number of carbonyl (C=O) groups excluding carboxylic acids is 1. The molecule has 1 aliphatic rings. The van der Waals surface area contributed by atoms with Crippen LogP contribution in [0.25, 0.3) is 0 Å². The van der Waals surface area contributed by atoms with Crippen LogP contribution in [0.3, 0.4) is 0 Å². The molecule has 1 saturated heterocycles. The van der Waals surface area contributed by atoms with Crippen LogP contribution in [-0.4, -0.2) is 29.0 Å². The Labute approximate surface area is 145 Å². The maximum atomic E-state index is 12.6. The van der Waals surface area contributed by atoms with Gasteiger partial charge in [-0.2, -0.15) is 0 Å². The highest BCUT2D eigenvalue weighted by Crippen LogP contribution is 2.36. The van der Waals surface area contributed by atoms with Gasteiger partial charge >= 0.3 is 0 Å². The number of amides is 1. The van der Waals surface area contributed by atoms with E-state index in [1.807, 2.05) is 47.4 Å². The largest absolute Gasteiger partial charge is 0.508 e. The molecule has 4 heteroatoms. The number of rotatable bonds is 4. The second-order valence-corrected chi connectivity index (χ2v) is 6.87. The molecular weight excluding hydrogens is 354 g/mol. The summed E-state index contributed by atoms with van der Waals surface area (Å²) in [6, 6.07) is 15.3. The van der Waals surface area contributed by atoms with Gasteiger partial charge < -0.3 is 10.0 Å². The number of nitrogens with zero attached hydrogens (tertiary/aromatic N) is 1. The molecule has 23 heavy (non-hydrogen) atoms. The molecule has 0 radical (unpaired) electrons. The van der Waals surface area contributed by atoms with E-state index in [4.69, 9.17) is 0 Å². The van der Waals surface area contributed by atoms with Gasteiger partial charge in [0, 0.05) is 35.5 Å². The van der Waals surface area contributed by atoms with Crippen LogP contribution in [0.4, 0.5) is 0 Å². The van der Waals surface area contributed by atoms with Gasteiger partial charge in [0.15, 0.2) is 0 Å². The van der Waals surface area contributed by atoms with Gasteiger partial charge in [0.1, 0.15) is 5.75 Å². The van der Waals surface area contributed by atoms with Gasteiger partial charge in [-0.05, 0) is 36.6 Å². The van der Waals surface area contributed by atoms with Gasteiger partial charge in [0.25, 0.3) is 0 Å². The zero-order chi connectivity index (χ0) is 16.2. The van der Waals surface area contributed by atoms with E-state index in [0.29, 0.717) is 6.42 Å². The number of phenolic OH excluding ortho intramolecular Hbond substituents is 1.